The van der Waals surface area contributed by atoms with Crippen molar-refractivity contribution in [3.8, 4) is 5.75 Å². The minimum atomic E-state index is -4.96. The zero-order valence-electron chi connectivity index (χ0n) is 25.9. The van der Waals surface area contributed by atoms with Crippen LogP contribution in [0.5, 0.6) is 5.75 Å². The van der Waals surface area contributed by atoms with Crippen LogP contribution in [0.25, 0.3) is 0 Å². The number of amides is 1. The number of benzene rings is 1. The van der Waals surface area contributed by atoms with E-state index in [1.165, 1.54) is 7.11 Å². The third-order valence-electron chi connectivity index (χ3n) is 7.63. The summed E-state index contributed by atoms with van der Waals surface area (Å²) < 4.78 is 91.7. The zero-order chi connectivity index (χ0) is 34.4. The molecule has 1 atom stereocenters. The predicted octanol–water partition coefficient (Wildman–Crippen LogP) is 4.46. The van der Waals surface area contributed by atoms with Crippen molar-refractivity contribution in [1.82, 2.24) is 24.6 Å². The third kappa shape index (κ3) is 9.11. The maximum Gasteiger partial charge on any atom is 0.423 e. The van der Waals surface area contributed by atoms with Crippen molar-refractivity contribution >= 4 is 17.5 Å². The molecule has 0 bridgehead atoms. The number of nitrogens with one attached hydrogen (secondary N) is 1. The van der Waals surface area contributed by atoms with Crippen LogP contribution in [0.1, 0.15) is 43.4 Å². The number of nitrogens with zero attached hydrogens (tertiary/aromatic N) is 6. The quantitative estimate of drug-likeness (QED) is 0.279. The fraction of sp³-hybridized carbons (Fsp3) is 0.500. The molecule has 11 nitrogen and oxygen atoms in total. The van der Waals surface area contributed by atoms with Crippen LogP contribution in [0.3, 0.4) is 0 Å². The summed E-state index contributed by atoms with van der Waals surface area (Å²) in [6, 6.07) is 5.62. The van der Waals surface area contributed by atoms with Crippen molar-refractivity contribution in [2.75, 3.05) is 50.2 Å². The Morgan fingerprint density at radius 3 is 2.23 bits per heavy atom. The van der Waals surface area contributed by atoms with Crippen molar-refractivity contribution in [1.29, 1.82) is 0 Å². The van der Waals surface area contributed by atoms with Gasteiger partial charge in [0.2, 0.25) is 11.9 Å². The van der Waals surface area contributed by atoms with Gasteiger partial charge in [-0.25, -0.2) is 14.6 Å². The number of aromatic nitrogens is 4. The lowest BCUT2D eigenvalue weighted by Crippen LogP contribution is -2.49. The van der Waals surface area contributed by atoms with E-state index in [1.807, 2.05) is 0 Å². The molecule has 1 saturated heterocycles. The molecule has 1 unspecified atom stereocenters. The fourth-order valence-corrected chi connectivity index (χ4v) is 5.25. The van der Waals surface area contributed by atoms with Gasteiger partial charge in [0.15, 0.2) is 0 Å². The van der Waals surface area contributed by atoms with Crippen molar-refractivity contribution in [2.24, 2.45) is 0 Å². The molecular weight excluding hydrogens is 636 g/mol. The Morgan fingerprint density at radius 1 is 1.04 bits per heavy atom. The number of rotatable bonds is 12. The summed E-state index contributed by atoms with van der Waals surface area (Å²) in [5.41, 5.74) is -3.59. The maximum atomic E-state index is 14.0. The van der Waals surface area contributed by atoms with Gasteiger partial charge < -0.3 is 24.6 Å². The third-order valence-corrected chi connectivity index (χ3v) is 7.63. The molecule has 4 rings (SSSR count). The Morgan fingerprint density at radius 2 is 1.68 bits per heavy atom. The normalized spacial score (nSPS) is 15.0. The van der Waals surface area contributed by atoms with Crippen molar-refractivity contribution < 1.29 is 40.6 Å². The Bertz CT molecular complexity index is 1540. The summed E-state index contributed by atoms with van der Waals surface area (Å²) >= 11 is 0. The van der Waals surface area contributed by atoms with Crippen LogP contribution in [0.2, 0.25) is 0 Å². The number of anilines is 2. The summed E-state index contributed by atoms with van der Waals surface area (Å²) in [5.74, 6) is 0.414. The van der Waals surface area contributed by atoms with Gasteiger partial charge in [0.1, 0.15) is 17.9 Å². The predicted molar refractivity (Wildman–Crippen MR) is 159 cm³/mol. The minimum absolute atomic E-state index is 0.140. The van der Waals surface area contributed by atoms with E-state index in [0.29, 0.717) is 43.8 Å². The van der Waals surface area contributed by atoms with Gasteiger partial charge in [-0.2, -0.15) is 31.4 Å². The highest BCUT2D eigenvalue weighted by Gasteiger charge is 2.38. The van der Waals surface area contributed by atoms with E-state index in [2.05, 4.69) is 20.4 Å². The van der Waals surface area contributed by atoms with Crippen molar-refractivity contribution in [3.63, 3.8) is 0 Å². The largest absolute Gasteiger partial charge is 0.497 e. The summed E-state index contributed by atoms with van der Waals surface area (Å²) in [6.07, 6.45) is -6.02. The lowest BCUT2D eigenvalue weighted by molar-refractivity contribution is -0.139. The van der Waals surface area contributed by atoms with Crippen molar-refractivity contribution in [3.05, 3.63) is 69.9 Å². The van der Waals surface area contributed by atoms with Crippen molar-refractivity contribution in [2.45, 2.75) is 57.7 Å². The van der Waals surface area contributed by atoms with Crippen LogP contribution in [-0.2, 0) is 28.4 Å². The zero-order valence-corrected chi connectivity index (χ0v) is 25.9. The van der Waals surface area contributed by atoms with Crippen LogP contribution in [0, 0.1) is 0 Å². The van der Waals surface area contributed by atoms with Crippen LogP contribution in [0.4, 0.5) is 38.0 Å². The number of alkyl halides is 6. The monoisotopic (exact) mass is 671 g/mol. The van der Waals surface area contributed by atoms with Gasteiger partial charge in [-0.05, 0) is 44.4 Å². The maximum absolute atomic E-state index is 14.0. The molecule has 0 aliphatic carbocycles. The summed E-state index contributed by atoms with van der Waals surface area (Å²) in [4.78, 5) is 36.9. The highest BCUT2D eigenvalue weighted by molar-refractivity contribution is 5.77. The van der Waals surface area contributed by atoms with Crippen LogP contribution in [-0.4, -0.2) is 82.6 Å². The first-order valence-electron chi connectivity index (χ1n) is 14.8. The van der Waals surface area contributed by atoms with E-state index in [9.17, 15) is 35.9 Å². The molecule has 1 aliphatic heterocycles. The summed E-state index contributed by atoms with van der Waals surface area (Å²) in [7, 11) is 1.48. The van der Waals surface area contributed by atoms with Gasteiger partial charge in [-0.1, -0.05) is 12.1 Å². The summed E-state index contributed by atoms with van der Waals surface area (Å²) in [5, 5.41) is 6.56. The van der Waals surface area contributed by atoms with E-state index < -0.39 is 40.8 Å². The molecule has 0 saturated carbocycles. The first-order chi connectivity index (χ1) is 22.2. The molecular formula is C30H35F6N7O4. The van der Waals surface area contributed by atoms with Crippen LogP contribution in [0.15, 0.2) is 47.7 Å². The van der Waals surface area contributed by atoms with Gasteiger partial charge in [-0.15, -0.1) is 0 Å². The Kier molecular flexibility index (Phi) is 11.3. The fourth-order valence-electron chi connectivity index (χ4n) is 5.25. The van der Waals surface area contributed by atoms with Crippen LogP contribution < -0.4 is 20.5 Å². The average Bonchev–Trinajstić information content (AvgIpc) is 3.02. The highest BCUT2D eigenvalue weighted by atomic mass is 19.4. The summed E-state index contributed by atoms with van der Waals surface area (Å²) in [6.45, 7) is 3.94. The smallest absolute Gasteiger partial charge is 0.423 e. The standard InChI is InChI=1S/C30H35F6N7O4/c1-4-42(22-9-11-41(12-10-22)28-37-13-21(14-38-28)29(31,32)33)25(44)18-47-17-19(2)40-24-15-39-43(27(45)26(24)30(34,35)36)16-20-5-7-23(46-3)8-6-20/h5-8,13-15,19,22,40H,4,9-12,16-18H2,1-3H3. The van der Waals surface area contributed by atoms with Gasteiger partial charge in [0.25, 0.3) is 5.56 Å². The molecule has 47 heavy (non-hydrogen) atoms. The van der Waals surface area contributed by atoms with Gasteiger partial charge >= 0.3 is 12.4 Å². The van der Waals surface area contributed by atoms with Crippen LogP contribution >= 0.6 is 0 Å². The molecule has 0 radical (unpaired) electrons. The minimum Gasteiger partial charge on any atom is -0.497 e. The first kappa shape index (κ1) is 35.4. The number of hydrogen-bond donors (Lipinski definition) is 1. The molecule has 1 amide bonds. The molecule has 1 aromatic carbocycles. The Hall–Kier alpha value is -4.41. The molecule has 1 N–H and O–H groups in total. The number of piperidine rings is 1. The number of ether oxygens (including phenoxy) is 2. The second kappa shape index (κ2) is 15.0. The molecule has 256 valence electrons. The molecule has 3 heterocycles. The van der Waals surface area contributed by atoms with Gasteiger partial charge in [0, 0.05) is 44.1 Å². The number of methoxy groups -OCH3 is 1. The van der Waals surface area contributed by atoms with Gasteiger partial charge in [0.05, 0.1) is 37.7 Å². The molecule has 0 spiro atoms. The molecule has 17 heteroatoms. The Labute approximate surface area is 266 Å². The molecule has 1 fully saturated rings. The number of carbonyl (C=O) groups is 1. The number of halogens is 6. The lowest BCUT2D eigenvalue weighted by Gasteiger charge is -2.38. The van der Waals surface area contributed by atoms with E-state index in [-0.39, 0.29) is 37.7 Å². The molecule has 3 aromatic rings. The van der Waals surface area contributed by atoms with E-state index in [1.54, 1.807) is 47.9 Å². The van der Waals surface area contributed by atoms with E-state index in [0.717, 1.165) is 23.3 Å². The van der Waals surface area contributed by atoms with Gasteiger partial charge in [-0.3, -0.25) is 9.59 Å². The highest BCUT2D eigenvalue weighted by Crippen LogP contribution is 2.32. The topological polar surface area (TPSA) is 115 Å². The molecule has 1 aliphatic rings. The number of likely N-dealkylation sites (N-methyl/N-ethyl adjacent to an activating group) is 1. The second-order valence-corrected chi connectivity index (χ2v) is 11.0. The molecule has 2 aromatic heterocycles. The lowest BCUT2D eigenvalue weighted by atomic mass is 10.0. The SMILES string of the molecule is CCN(C(=O)COCC(C)Nc1cnn(Cc2ccc(OC)cc2)c(=O)c1C(F)(F)F)C1CCN(c2ncc(C(F)(F)F)cn2)CC1. The second-order valence-electron chi connectivity index (χ2n) is 11.0. The van der Waals surface area contributed by atoms with E-state index >= 15 is 0 Å². The van der Waals surface area contributed by atoms with E-state index in [4.69, 9.17) is 9.47 Å². The number of carbonyl (C=O) groups excluding carboxylic acids is 1. The number of hydrogen-bond acceptors (Lipinski definition) is 9. The Balaban J connectivity index is 1.30. The average molecular weight is 672 g/mol. The first-order valence-corrected chi connectivity index (χ1v) is 14.8.